The monoisotopic (exact) mass is 364 g/mol. The van der Waals surface area contributed by atoms with Crippen LogP contribution in [0.15, 0.2) is 21.1 Å². The zero-order chi connectivity index (χ0) is 13.0. The van der Waals surface area contributed by atoms with Crippen molar-refractivity contribution in [1.29, 1.82) is 0 Å². The second-order valence-electron chi connectivity index (χ2n) is 3.30. The summed E-state index contributed by atoms with van der Waals surface area (Å²) in [6, 6.07) is 3.12. The third-order valence-electron chi connectivity index (χ3n) is 1.83. The first-order valence-electron chi connectivity index (χ1n) is 4.62. The SMILES string of the molecule is Cc1cc(Br)c(NC(=O)NCC(=O)O)c(Br)c1. The summed E-state index contributed by atoms with van der Waals surface area (Å²) in [6.07, 6.45) is 0. The summed E-state index contributed by atoms with van der Waals surface area (Å²) in [7, 11) is 0. The van der Waals surface area contributed by atoms with Crippen LogP contribution in [0.2, 0.25) is 0 Å². The van der Waals surface area contributed by atoms with Crippen molar-refractivity contribution in [3.63, 3.8) is 0 Å². The highest BCUT2D eigenvalue weighted by Crippen LogP contribution is 2.32. The zero-order valence-electron chi connectivity index (χ0n) is 8.88. The maximum Gasteiger partial charge on any atom is 0.323 e. The number of carbonyl (C=O) groups is 2. The van der Waals surface area contributed by atoms with Gasteiger partial charge in [-0.15, -0.1) is 0 Å². The number of aliphatic carboxylic acids is 1. The fourth-order valence-electron chi connectivity index (χ4n) is 1.13. The number of hydrogen-bond donors (Lipinski definition) is 3. The molecule has 17 heavy (non-hydrogen) atoms. The molecule has 0 aliphatic heterocycles. The molecular formula is C10H10Br2N2O3. The van der Waals surface area contributed by atoms with Crippen molar-refractivity contribution in [2.75, 3.05) is 11.9 Å². The molecule has 0 bridgehead atoms. The third kappa shape index (κ3) is 4.35. The minimum Gasteiger partial charge on any atom is -0.480 e. The van der Waals surface area contributed by atoms with Gasteiger partial charge in [-0.1, -0.05) is 0 Å². The molecule has 0 atom stereocenters. The Kier molecular flexibility index (Phi) is 4.95. The van der Waals surface area contributed by atoms with Gasteiger partial charge in [0.15, 0.2) is 0 Å². The summed E-state index contributed by atoms with van der Waals surface area (Å²) in [6.45, 7) is 1.50. The number of carboxylic acid groups (broad SMARTS) is 1. The van der Waals surface area contributed by atoms with Crippen molar-refractivity contribution < 1.29 is 14.7 Å². The molecule has 0 fully saturated rings. The first-order chi connectivity index (χ1) is 7.90. The lowest BCUT2D eigenvalue weighted by atomic mass is 10.2. The predicted molar refractivity (Wildman–Crippen MR) is 71.2 cm³/mol. The van der Waals surface area contributed by atoms with E-state index in [9.17, 15) is 9.59 Å². The number of halogens is 2. The standard InChI is InChI=1S/C10H10Br2N2O3/c1-5-2-6(11)9(7(12)3-5)14-10(17)13-4-8(15)16/h2-3H,4H2,1H3,(H,15,16)(H2,13,14,17). The molecule has 0 spiro atoms. The van der Waals surface area contributed by atoms with Gasteiger partial charge in [0.2, 0.25) is 0 Å². The number of nitrogens with one attached hydrogen (secondary N) is 2. The van der Waals surface area contributed by atoms with E-state index in [-0.39, 0.29) is 0 Å². The summed E-state index contributed by atoms with van der Waals surface area (Å²) >= 11 is 6.64. The van der Waals surface area contributed by atoms with Crippen LogP contribution >= 0.6 is 31.9 Å². The lowest BCUT2D eigenvalue weighted by Gasteiger charge is -2.10. The van der Waals surface area contributed by atoms with Crippen molar-refractivity contribution in [2.45, 2.75) is 6.92 Å². The fourth-order valence-corrected chi connectivity index (χ4v) is 2.75. The zero-order valence-corrected chi connectivity index (χ0v) is 12.1. The van der Waals surface area contributed by atoms with E-state index >= 15 is 0 Å². The van der Waals surface area contributed by atoms with E-state index < -0.39 is 18.5 Å². The number of carboxylic acids is 1. The van der Waals surface area contributed by atoms with Crippen molar-refractivity contribution in [1.82, 2.24) is 5.32 Å². The molecule has 0 radical (unpaired) electrons. The van der Waals surface area contributed by atoms with Crippen LogP contribution in [0.5, 0.6) is 0 Å². The Balaban J connectivity index is 2.75. The van der Waals surface area contributed by atoms with E-state index in [0.717, 1.165) is 14.5 Å². The quantitative estimate of drug-likeness (QED) is 0.770. The summed E-state index contributed by atoms with van der Waals surface area (Å²) in [5.41, 5.74) is 1.58. The molecule has 2 amide bonds. The summed E-state index contributed by atoms with van der Waals surface area (Å²) in [5.74, 6) is -1.10. The van der Waals surface area contributed by atoms with Gasteiger partial charge < -0.3 is 15.7 Å². The Morgan fingerprint density at radius 2 is 1.82 bits per heavy atom. The highest BCUT2D eigenvalue weighted by Gasteiger charge is 2.10. The van der Waals surface area contributed by atoms with E-state index in [1.54, 1.807) is 0 Å². The lowest BCUT2D eigenvalue weighted by molar-refractivity contribution is -0.135. The van der Waals surface area contributed by atoms with E-state index in [2.05, 4.69) is 42.5 Å². The van der Waals surface area contributed by atoms with E-state index in [0.29, 0.717) is 5.69 Å². The van der Waals surface area contributed by atoms with Gasteiger partial charge in [0, 0.05) is 8.95 Å². The Morgan fingerprint density at radius 3 is 2.29 bits per heavy atom. The number of rotatable bonds is 3. The molecule has 1 aromatic rings. The van der Waals surface area contributed by atoms with E-state index in [1.165, 1.54) is 0 Å². The van der Waals surface area contributed by atoms with Crippen molar-refractivity contribution in [3.05, 3.63) is 26.6 Å². The first-order valence-corrected chi connectivity index (χ1v) is 6.21. The van der Waals surface area contributed by atoms with Crippen LogP contribution in [-0.2, 0) is 4.79 Å². The Bertz CT molecular complexity index is 440. The van der Waals surface area contributed by atoms with Crippen molar-refractivity contribution in [2.24, 2.45) is 0 Å². The average Bonchev–Trinajstić information content (AvgIpc) is 2.20. The van der Waals surface area contributed by atoms with Crippen LogP contribution in [0.3, 0.4) is 0 Å². The molecule has 1 aromatic carbocycles. The predicted octanol–water partition coefficient (Wildman–Crippen LogP) is 2.73. The van der Waals surface area contributed by atoms with Gasteiger partial charge in [0.05, 0.1) is 5.69 Å². The largest absolute Gasteiger partial charge is 0.480 e. The Hall–Kier alpha value is -1.08. The number of benzene rings is 1. The van der Waals surface area contributed by atoms with E-state index in [1.807, 2.05) is 19.1 Å². The van der Waals surface area contributed by atoms with Crippen molar-refractivity contribution >= 4 is 49.5 Å². The maximum absolute atomic E-state index is 11.4. The maximum atomic E-state index is 11.4. The van der Waals surface area contributed by atoms with Gasteiger partial charge in [0.1, 0.15) is 6.54 Å². The molecule has 0 heterocycles. The highest BCUT2D eigenvalue weighted by atomic mass is 79.9. The minimum atomic E-state index is -1.10. The van der Waals surface area contributed by atoms with Gasteiger partial charge in [-0.25, -0.2) is 4.79 Å². The summed E-state index contributed by atoms with van der Waals surface area (Å²) in [5, 5.41) is 13.2. The van der Waals surface area contributed by atoms with Crippen LogP contribution < -0.4 is 10.6 Å². The number of amides is 2. The molecule has 0 unspecified atom stereocenters. The molecule has 0 aliphatic rings. The average molecular weight is 366 g/mol. The number of aryl methyl sites for hydroxylation is 1. The Labute approximate surface area is 115 Å². The molecule has 1 rings (SSSR count). The Morgan fingerprint density at radius 1 is 1.29 bits per heavy atom. The molecule has 0 aliphatic carbocycles. The molecule has 0 aromatic heterocycles. The number of urea groups is 1. The van der Waals surface area contributed by atoms with Gasteiger partial charge in [-0.3, -0.25) is 4.79 Å². The smallest absolute Gasteiger partial charge is 0.323 e. The summed E-state index contributed by atoms with van der Waals surface area (Å²) in [4.78, 5) is 21.7. The van der Waals surface area contributed by atoms with Crippen LogP contribution in [0, 0.1) is 6.92 Å². The van der Waals surface area contributed by atoms with Crippen LogP contribution in [0.25, 0.3) is 0 Å². The fraction of sp³-hybridized carbons (Fsp3) is 0.200. The number of hydrogen-bond acceptors (Lipinski definition) is 2. The number of anilines is 1. The molecule has 7 heteroatoms. The molecule has 5 nitrogen and oxygen atoms in total. The van der Waals surface area contributed by atoms with Crippen LogP contribution in [0.1, 0.15) is 5.56 Å². The van der Waals surface area contributed by atoms with Crippen LogP contribution in [-0.4, -0.2) is 23.7 Å². The topological polar surface area (TPSA) is 78.4 Å². The van der Waals surface area contributed by atoms with E-state index in [4.69, 9.17) is 5.11 Å². The van der Waals surface area contributed by atoms with Crippen molar-refractivity contribution in [3.8, 4) is 0 Å². The van der Waals surface area contributed by atoms with Gasteiger partial charge >= 0.3 is 12.0 Å². The lowest BCUT2D eigenvalue weighted by Crippen LogP contribution is -2.33. The first kappa shape index (κ1) is 14.0. The molecular weight excluding hydrogens is 356 g/mol. The van der Waals surface area contributed by atoms with Gasteiger partial charge in [-0.2, -0.15) is 0 Å². The molecule has 92 valence electrons. The second-order valence-corrected chi connectivity index (χ2v) is 5.01. The third-order valence-corrected chi connectivity index (χ3v) is 3.08. The number of carbonyl (C=O) groups excluding carboxylic acids is 1. The second kappa shape index (κ2) is 6.02. The van der Waals surface area contributed by atoms with Gasteiger partial charge in [-0.05, 0) is 56.5 Å². The molecule has 0 saturated heterocycles. The normalized spacial score (nSPS) is 9.82. The highest BCUT2D eigenvalue weighted by molar-refractivity contribution is 9.11. The summed E-state index contributed by atoms with van der Waals surface area (Å²) < 4.78 is 1.43. The molecule has 3 N–H and O–H groups in total. The van der Waals surface area contributed by atoms with Gasteiger partial charge in [0.25, 0.3) is 0 Å². The molecule has 0 saturated carbocycles. The minimum absolute atomic E-state index is 0.424. The van der Waals surface area contributed by atoms with Crippen LogP contribution in [0.4, 0.5) is 10.5 Å².